The van der Waals surface area contributed by atoms with Gasteiger partial charge in [-0.1, -0.05) is 241 Å². The van der Waals surface area contributed by atoms with Gasteiger partial charge in [0.05, 0.1) is 18.1 Å². The lowest BCUT2D eigenvalue weighted by Crippen LogP contribution is -2.43. The summed E-state index contributed by atoms with van der Waals surface area (Å²) in [6, 6.07) is 64.5. The van der Waals surface area contributed by atoms with Gasteiger partial charge in [0.25, 0.3) is 0 Å². The smallest absolute Gasteiger partial charge is 0.425 e. The number of carboxylic acid groups (broad SMARTS) is 1. The van der Waals surface area contributed by atoms with E-state index in [1.165, 1.54) is 51.4 Å². The number of phenolic OH excluding ortho intramolecular Hbond substituents is 1. The first kappa shape index (κ1) is 127. The Hall–Kier alpha value is -10.6. The number of aromatic hydroxyl groups is 1. The van der Waals surface area contributed by atoms with Crippen molar-refractivity contribution in [2.75, 3.05) is 0 Å². The molecule has 4 aliphatic rings. The maximum Gasteiger partial charge on any atom is 0.425 e. The van der Waals surface area contributed by atoms with Crippen LogP contribution in [0.3, 0.4) is 0 Å². The maximum absolute atomic E-state index is 13.2. The number of Topliss-reactive ketones (excluding diaryl/α,β-unsaturated/α-hetero) is 3. The predicted molar refractivity (Wildman–Crippen MR) is 564 cm³/mol. The lowest BCUT2D eigenvalue weighted by Gasteiger charge is -2.22. The highest BCUT2D eigenvalue weighted by Gasteiger charge is 2.32. The van der Waals surface area contributed by atoms with E-state index in [2.05, 4.69) is 35.1 Å². The van der Waals surface area contributed by atoms with E-state index in [9.17, 15) is 48.6 Å². The average Bonchev–Trinajstić information content (AvgIpc) is 1.75. The fraction of sp³-hybridized carbons (Fsp3) is 0.467. The topological polar surface area (TPSA) is 418 Å². The standard InChI is InChI=1S/C28H37NO4.C27H35NO4.C23H27NO4.C21H25NO5.C6H13N.ClH.2O3S.4H2S/c1-20-10-11-23(16-20)18-26(30)25(29-27(31)32-19-22-8-6-5-7-9-22)17-21-12-14-24(15-13-21)33-28(2,3)4;1-27(2,3)32-23-15-13-21(14-16-23)17-24(25(29)18-20-9-7-8-10-20)28-26(30)31-19-22-11-5-4-6-12-22;25-20-12-10-18(11-13-20)14-21(22(26)15-17-6-4-5-7-17)24-23(27)28-16-19-8-2-1-3-9-19;1-21(2,3)27-17-11-9-15(10-12-17)13-18(19(23)24)22-20(25)26-14-16-7-5-4-6-8-16;1-5-2-3-6(7)4-5;;2*1-4(2)3;;;;/h5-9,12-15,20,23,25H,10-11,16-19H2,1-4H3,(H,29,31);4-6,11-16,20,24H,7-10,17-19H2,1-3H3,(H,28,30);1-3,8-13,17,21,25H,4-7,14-16H2,(H,24,27);4-12,18H,13-14H2,1-3H3,(H,22,25)(H,23,24);5-6H,2-4,7H2,1H3;1H;;;4*1H2/t20?,23?,25-;24-;21-;18-;;;;;;;;/m0000......../s1. The average molecular weight is 2070 g/mol. The minimum Gasteiger partial charge on any atom is -0.508 e. The summed E-state index contributed by atoms with van der Waals surface area (Å²) < 4.78 is 89.3. The molecule has 8 atom stereocenters. The minimum absolute atomic E-state index is 0. The molecule has 0 radical (unpaired) electrons. The van der Waals surface area contributed by atoms with Crippen LogP contribution < -0.4 is 41.2 Å². The molecular weight excluding hydrogens is 1930 g/mol. The first-order valence-electron chi connectivity index (χ1n) is 46.1. The number of ether oxygens (including phenoxy) is 7. The van der Waals surface area contributed by atoms with Crippen molar-refractivity contribution in [2.24, 2.45) is 35.3 Å². The molecule has 8 aromatic rings. The van der Waals surface area contributed by atoms with Crippen molar-refractivity contribution >= 4 is 135 Å². The molecule has 8 N–H and O–H groups in total. The number of hydrogen-bond donors (Lipinski definition) is 7. The van der Waals surface area contributed by atoms with Crippen LogP contribution in [0.15, 0.2) is 218 Å². The SMILES string of the molecule is CC(C)(C)Oc1ccc(C[C@H](NC(=O)OCc2ccccc2)C(=O)CC2CCCC2)cc1.CC(C)(C)Oc1ccc(C[C@H](NC(=O)OCc2ccccc2)C(=O)O)cc1.CC1CCC(CC(=O)[C@H](Cc2ccc(OC(C)(C)C)cc2)NC(=O)OCc2ccccc2)C1.CC1CCC(N)C1.Cl.O=C(N[C@@H](Cc1ccc(O)cc1)C(=O)CC1CCCC1)OCc1ccccc1.O=S(=O)=O.O=S(=O)=O.S.S.S.S. The summed E-state index contributed by atoms with van der Waals surface area (Å²) >= 11 is 0. The zero-order chi connectivity index (χ0) is 98.9. The van der Waals surface area contributed by atoms with Gasteiger partial charge in [0.15, 0.2) is 17.3 Å². The maximum atomic E-state index is 13.2. The molecule has 0 heterocycles. The third kappa shape index (κ3) is 57.4. The van der Waals surface area contributed by atoms with Crippen molar-refractivity contribution in [1.29, 1.82) is 0 Å². The molecule has 4 saturated carbocycles. The Morgan fingerprint density at radius 1 is 0.336 bits per heavy atom. The zero-order valence-electron chi connectivity index (χ0n) is 82.0. The van der Waals surface area contributed by atoms with E-state index in [0.717, 1.165) is 100 Å². The Labute approximate surface area is 863 Å². The molecule has 140 heavy (non-hydrogen) atoms. The second-order valence-corrected chi connectivity index (χ2v) is 38.4. The molecule has 0 spiro atoms. The van der Waals surface area contributed by atoms with Gasteiger partial charge in [0.2, 0.25) is 0 Å². The number of halogens is 1. The quantitative estimate of drug-likeness (QED) is 0.0188. The number of alkyl carbamates (subject to hydrolysis) is 4. The number of amides is 4. The van der Waals surface area contributed by atoms with Crippen molar-refractivity contribution in [1.82, 2.24) is 21.3 Å². The molecule has 4 aliphatic carbocycles. The largest absolute Gasteiger partial charge is 0.508 e. The van der Waals surface area contributed by atoms with E-state index >= 15 is 0 Å². The molecule has 0 bridgehead atoms. The molecular formula is C105H146ClN5O23S6. The fourth-order valence-electron chi connectivity index (χ4n) is 15.8. The summed E-state index contributed by atoms with van der Waals surface area (Å²) in [5.74, 6) is 4.31. The minimum atomic E-state index is -3.11. The predicted octanol–water partition coefficient (Wildman–Crippen LogP) is 20.1. The summed E-state index contributed by atoms with van der Waals surface area (Å²) in [5.41, 5.74) is 11.9. The molecule has 772 valence electrons. The fourth-order valence-corrected chi connectivity index (χ4v) is 15.8. The molecule has 35 heteroatoms. The molecule has 28 nitrogen and oxygen atoms in total. The number of carbonyl (C=O) groups is 8. The van der Waals surface area contributed by atoms with Crippen molar-refractivity contribution < 1.29 is 107 Å². The number of nitrogens with two attached hydrogens (primary N) is 1. The van der Waals surface area contributed by atoms with Gasteiger partial charge in [-0.3, -0.25) is 14.4 Å². The number of aliphatic carboxylic acids is 1. The van der Waals surface area contributed by atoms with Crippen LogP contribution in [0.5, 0.6) is 23.0 Å². The highest BCUT2D eigenvalue weighted by molar-refractivity contribution is 7.60. The van der Waals surface area contributed by atoms with Crippen LogP contribution in [0.1, 0.15) is 230 Å². The van der Waals surface area contributed by atoms with Crippen LogP contribution in [0.25, 0.3) is 0 Å². The van der Waals surface area contributed by atoms with Gasteiger partial charge in [0.1, 0.15) is 72.3 Å². The van der Waals surface area contributed by atoms with Crippen LogP contribution in [0, 0.1) is 29.6 Å². The summed E-state index contributed by atoms with van der Waals surface area (Å²) in [6.07, 6.45) is 16.6. The van der Waals surface area contributed by atoms with E-state index in [1.54, 1.807) is 48.5 Å². The Balaban J connectivity index is 0.000000878. The normalized spacial score (nSPS) is 15.8. The molecule has 4 fully saturated rings. The van der Waals surface area contributed by atoms with E-state index in [1.807, 2.05) is 232 Å². The van der Waals surface area contributed by atoms with Crippen molar-refractivity contribution in [3.05, 3.63) is 263 Å². The van der Waals surface area contributed by atoms with Crippen molar-refractivity contribution in [2.45, 2.75) is 284 Å². The zero-order valence-corrected chi connectivity index (χ0v) is 88.5. The highest BCUT2D eigenvalue weighted by atomic mass is 35.5. The van der Waals surface area contributed by atoms with E-state index in [0.29, 0.717) is 74.0 Å². The number of rotatable bonds is 33. The van der Waals surface area contributed by atoms with E-state index < -0.39 is 75.7 Å². The number of nitrogens with one attached hydrogen (secondary N) is 4. The molecule has 4 unspecified atom stereocenters. The lowest BCUT2D eigenvalue weighted by molar-refractivity contribution is -0.139. The summed E-state index contributed by atoms with van der Waals surface area (Å²) in [6.45, 7) is 23.0. The van der Waals surface area contributed by atoms with Crippen molar-refractivity contribution in [3.63, 3.8) is 0 Å². The second kappa shape index (κ2) is 67.7. The molecule has 0 saturated heterocycles. The second-order valence-electron chi connectivity index (χ2n) is 37.6. The first-order valence-corrected chi connectivity index (χ1v) is 48.1. The summed E-state index contributed by atoms with van der Waals surface area (Å²) in [5, 5.41) is 29.6. The monoisotopic (exact) mass is 2070 g/mol. The van der Waals surface area contributed by atoms with Gasteiger partial charge in [-0.05, 0) is 236 Å². The number of carbonyl (C=O) groups excluding carboxylic acids is 7. The van der Waals surface area contributed by atoms with Gasteiger partial charge >= 0.3 is 51.6 Å². The third-order valence-corrected chi connectivity index (χ3v) is 22.2. The number of ketones is 3. The van der Waals surface area contributed by atoms with Gasteiger partial charge < -0.3 is 70.4 Å². The summed E-state index contributed by atoms with van der Waals surface area (Å²) in [7, 11) is -6.22. The van der Waals surface area contributed by atoms with Gasteiger partial charge in [-0.25, -0.2) is 24.0 Å². The Kier molecular flexibility index (Phi) is 61.7. The third-order valence-electron chi connectivity index (χ3n) is 22.2. The van der Waals surface area contributed by atoms with Gasteiger partial charge in [-0.15, -0.1) is 37.7 Å². The van der Waals surface area contributed by atoms with Crippen LogP contribution in [-0.2, 0) is 111 Å². The number of benzene rings is 8. The summed E-state index contributed by atoms with van der Waals surface area (Å²) in [4.78, 5) is 99.8. The van der Waals surface area contributed by atoms with Crippen LogP contribution >= 0.6 is 66.4 Å². The van der Waals surface area contributed by atoms with Crippen LogP contribution in [0.4, 0.5) is 19.2 Å². The van der Waals surface area contributed by atoms with Crippen LogP contribution in [0.2, 0.25) is 0 Å². The number of phenols is 1. The first-order chi connectivity index (χ1) is 64.0. The Morgan fingerprint density at radius 3 is 0.793 bits per heavy atom. The Bertz CT molecular complexity index is 5110. The van der Waals surface area contributed by atoms with Crippen LogP contribution in [-0.4, -0.2) is 130 Å². The molecule has 12 rings (SSSR count). The molecule has 4 amide bonds. The van der Waals surface area contributed by atoms with Crippen molar-refractivity contribution in [3.8, 4) is 23.0 Å². The number of hydrogen-bond acceptors (Lipinski definition) is 23. The Morgan fingerprint density at radius 2 is 0.571 bits per heavy atom. The van der Waals surface area contributed by atoms with Gasteiger partial charge in [-0.2, -0.15) is 54.0 Å². The number of carboxylic acids is 1. The highest BCUT2D eigenvalue weighted by Crippen LogP contribution is 2.35. The molecule has 8 aromatic carbocycles. The van der Waals surface area contributed by atoms with Gasteiger partial charge in [0, 0.05) is 31.7 Å². The lowest BCUT2D eigenvalue weighted by atomic mass is 9.93. The van der Waals surface area contributed by atoms with E-state index in [-0.39, 0.29) is 139 Å². The molecule has 0 aromatic heterocycles. The van der Waals surface area contributed by atoms with E-state index in [4.69, 9.17) is 64.1 Å². The molecule has 0 aliphatic heterocycles.